The maximum atomic E-state index is 10.8. The molecular weight excluding hydrogens is 290 g/mol. The number of nitro groups is 1. The summed E-state index contributed by atoms with van der Waals surface area (Å²) in [6.07, 6.45) is 0.843. The Balaban J connectivity index is 1.91. The molecule has 108 valence electrons. The van der Waals surface area contributed by atoms with Crippen LogP contribution in [0.2, 0.25) is 5.02 Å². The predicted octanol–water partition coefficient (Wildman–Crippen LogP) is 3.39. The van der Waals surface area contributed by atoms with Gasteiger partial charge >= 0.3 is 0 Å². The number of nitro benzene ring substituents is 1. The normalized spacial score (nSPS) is 13.9. The number of fused-ring (bicyclic) bond motifs is 1. The van der Waals surface area contributed by atoms with Crippen LogP contribution in [0, 0.1) is 10.1 Å². The molecule has 0 fully saturated rings. The van der Waals surface area contributed by atoms with Gasteiger partial charge in [-0.2, -0.15) is 0 Å². The number of halogens is 1. The highest BCUT2D eigenvalue weighted by Gasteiger charge is 2.21. The molecule has 0 atom stereocenters. The molecule has 0 aromatic heterocycles. The fourth-order valence-corrected chi connectivity index (χ4v) is 3.00. The molecule has 0 spiro atoms. The zero-order valence-corrected chi connectivity index (χ0v) is 12.0. The molecule has 1 heterocycles. The SMILES string of the molecule is Nc1cccc2c1CCN(c1ccc([N+](=O)[O-])cc1Cl)C2. The van der Waals surface area contributed by atoms with Crippen molar-refractivity contribution >= 4 is 28.7 Å². The van der Waals surface area contributed by atoms with Crippen molar-refractivity contribution in [2.45, 2.75) is 13.0 Å². The van der Waals surface area contributed by atoms with Crippen molar-refractivity contribution in [3.8, 4) is 0 Å². The van der Waals surface area contributed by atoms with Gasteiger partial charge in [-0.3, -0.25) is 10.1 Å². The van der Waals surface area contributed by atoms with E-state index in [1.807, 2.05) is 12.1 Å². The number of benzene rings is 2. The first-order chi connectivity index (χ1) is 10.1. The number of anilines is 2. The lowest BCUT2D eigenvalue weighted by Crippen LogP contribution is -2.31. The number of rotatable bonds is 2. The van der Waals surface area contributed by atoms with Gasteiger partial charge < -0.3 is 10.6 Å². The summed E-state index contributed by atoms with van der Waals surface area (Å²) in [7, 11) is 0. The van der Waals surface area contributed by atoms with Gasteiger partial charge in [0.1, 0.15) is 0 Å². The minimum absolute atomic E-state index is 0.00500. The average Bonchev–Trinajstić information content (AvgIpc) is 2.47. The maximum absolute atomic E-state index is 10.8. The molecule has 1 aliphatic rings. The van der Waals surface area contributed by atoms with E-state index in [0.717, 1.165) is 24.3 Å². The van der Waals surface area contributed by atoms with Crippen molar-refractivity contribution in [1.82, 2.24) is 0 Å². The number of nitrogen functional groups attached to an aromatic ring is 1. The molecule has 2 aromatic rings. The van der Waals surface area contributed by atoms with Crippen LogP contribution >= 0.6 is 11.6 Å². The van der Waals surface area contributed by atoms with Gasteiger partial charge in [0.15, 0.2) is 0 Å². The zero-order valence-electron chi connectivity index (χ0n) is 11.3. The van der Waals surface area contributed by atoms with E-state index < -0.39 is 4.92 Å². The van der Waals surface area contributed by atoms with Gasteiger partial charge in [0.2, 0.25) is 0 Å². The molecule has 3 rings (SSSR count). The van der Waals surface area contributed by atoms with Crippen LogP contribution in [0.1, 0.15) is 11.1 Å². The second-order valence-corrected chi connectivity index (χ2v) is 5.46. The second-order valence-electron chi connectivity index (χ2n) is 5.05. The molecule has 1 aliphatic heterocycles. The smallest absolute Gasteiger partial charge is 0.271 e. The number of non-ortho nitro benzene ring substituents is 1. The molecule has 0 unspecified atom stereocenters. The van der Waals surface area contributed by atoms with Gasteiger partial charge in [0, 0.05) is 30.9 Å². The van der Waals surface area contributed by atoms with Gasteiger partial charge in [-0.15, -0.1) is 0 Å². The van der Waals surface area contributed by atoms with E-state index in [1.54, 1.807) is 6.07 Å². The van der Waals surface area contributed by atoms with Gasteiger partial charge in [0.05, 0.1) is 15.6 Å². The van der Waals surface area contributed by atoms with E-state index in [-0.39, 0.29) is 5.69 Å². The van der Waals surface area contributed by atoms with E-state index in [1.165, 1.54) is 23.3 Å². The Kier molecular flexibility index (Phi) is 3.43. The van der Waals surface area contributed by atoms with Crippen molar-refractivity contribution in [3.63, 3.8) is 0 Å². The fraction of sp³-hybridized carbons (Fsp3) is 0.200. The lowest BCUT2D eigenvalue weighted by Gasteiger charge is -2.31. The van der Waals surface area contributed by atoms with Crippen LogP contribution in [0.5, 0.6) is 0 Å². The minimum Gasteiger partial charge on any atom is -0.398 e. The highest BCUT2D eigenvalue weighted by Crippen LogP contribution is 2.34. The summed E-state index contributed by atoms with van der Waals surface area (Å²) in [4.78, 5) is 12.4. The van der Waals surface area contributed by atoms with E-state index >= 15 is 0 Å². The molecule has 0 saturated heterocycles. The molecule has 0 bridgehead atoms. The summed E-state index contributed by atoms with van der Waals surface area (Å²) in [5.41, 5.74) is 9.99. The van der Waals surface area contributed by atoms with E-state index in [0.29, 0.717) is 11.6 Å². The molecule has 0 aliphatic carbocycles. The third-order valence-electron chi connectivity index (χ3n) is 3.78. The van der Waals surface area contributed by atoms with Crippen LogP contribution in [-0.4, -0.2) is 11.5 Å². The Bertz CT molecular complexity index is 718. The average molecular weight is 304 g/mol. The van der Waals surface area contributed by atoms with Crippen molar-refractivity contribution in [1.29, 1.82) is 0 Å². The second kappa shape index (κ2) is 5.26. The lowest BCUT2D eigenvalue weighted by atomic mass is 9.97. The molecule has 6 heteroatoms. The van der Waals surface area contributed by atoms with Crippen molar-refractivity contribution in [2.24, 2.45) is 0 Å². The highest BCUT2D eigenvalue weighted by molar-refractivity contribution is 6.33. The van der Waals surface area contributed by atoms with Crippen molar-refractivity contribution < 1.29 is 4.92 Å². The summed E-state index contributed by atoms with van der Waals surface area (Å²) in [5.74, 6) is 0. The zero-order chi connectivity index (χ0) is 15.0. The Morgan fingerprint density at radius 2 is 2.10 bits per heavy atom. The van der Waals surface area contributed by atoms with Crippen LogP contribution in [0.25, 0.3) is 0 Å². The van der Waals surface area contributed by atoms with Crippen LogP contribution in [0.4, 0.5) is 17.1 Å². The van der Waals surface area contributed by atoms with Crippen LogP contribution < -0.4 is 10.6 Å². The summed E-state index contributed by atoms with van der Waals surface area (Å²) in [6, 6.07) is 10.5. The van der Waals surface area contributed by atoms with Crippen LogP contribution in [0.15, 0.2) is 36.4 Å². The minimum atomic E-state index is -0.443. The topological polar surface area (TPSA) is 72.4 Å². The molecule has 2 N–H and O–H groups in total. The number of hydrogen-bond donors (Lipinski definition) is 1. The van der Waals surface area contributed by atoms with Gasteiger partial charge in [-0.05, 0) is 29.7 Å². The highest BCUT2D eigenvalue weighted by atomic mass is 35.5. The Morgan fingerprint density at radius 1 is 1.29 bits per heavy atom. The first-order valence-corrected chi connectivity index (χ1v) is 6.99. The van der Waals surface area contributed by atoms with Gasteiger partial charge in [-0.1, -0.05) is 23.7 Å². The monoisotopic (exact) mass is 303 g/mol. The largest absolute Gasteiger partial charge is 0.398 e. The van der Waals surface area contributed by atoms with Crippen molar-refractivity contribution in [2.75, 3.05) is 17.2 Å². The van der Waals surface area contributed by atoms with Gasteiger partial charge in [-0.25, -0.2) is 0 Å². The van der Waals surface area contributed by atoms with Crippen LogP contribution in [0.3, 0.4) is 0 Å². The third-order valence-corrected chi connectivity index (χ3v) is 4.09. The standard InChI is InChI=1S/C15H14ClN3O2/c16-13-8-11(19(20)21)4-5-15(13)18-7-6-12-10(9-18)2-1-3-14(12)17/h1-5,8H,6-7,9,17H2. The Morgan fingerprint density at radius 3 is 2.81 bits per heavy atom. The maximum Gasteiger partial charge on any atom is 0.271 e. The molecule has 2 aromatic carbocycles. The van der Waals surface area contributed by atoms with Gasteiger partial charge in [0.25, 0.3) is 5.69 Å². The number of hydrogen-bond acceptors (Lipinski definition) is 4. The molecule has 0 radical (unpaired) electrons. The summed E-state index contributed by atoms with van der Waals surface area (Å²) < 4.78 is 0. The summed E-state index contributed by atoms with van der Waals surface area (Å²) in [5, 5.41) is 11.2. The summed E-state index contributed by atoms with van der Waals surface area (Å²) in [6.45, 7) is 1.50. The van der Waals surface area contributed by atoms with Crippen LogP contribution in [-0.2, 0) is 13.0 Å². The summed E-state index contributed by atoms with van der Waals surface area (Å²) >= 11 is 6.19. The predicted molar refractivity (Wildman–Crippen MR) is 83.7 cm³/mol. The number of nitrogens with zero attached hydrogens (tertiary/aromatic N) is 2. The number of nitrogens with two attached hydrogens (primary N) is 1. The first-order valence-electron chi connectivity index (χ1n) is 6.61. The van der Waals surface area contributed by atoms with E-state index in [2.05, 4.69) is 11.0 Å². The lowest BCUT2D eigenvalue weighted by molar-refractivity contribution is -0.384. The molecular formula is C15H14ClN3O2. The fourth-order valence-electron chi connectivity index (χ4n) is 2.71. The quantitative estimate of drug-likeness (QED) is 0.524. The molecule has 0 amide bonds. The molecule has 21 heavy (non-hydrogen) atoms. The Labute approximate surface area is 127 Å². The van der Waals surface area contributed by atoms with Crippen molar-refractivity contribution in [3.05, 3.63) is 62.7 Å². The van der Waals surface area contributed by atoms with E-state index in [4.69, 9.17) is 17.3 Å². The van der Waals surface area contributed by atoms with E-state index in [9.17, 15) is 10.1 Å². The molecule has 5 nitrogen and oxygen atoms in total. The third kappa shape index (κ3) is 2.52. The molecule has 0 saturated carbocycles. The first kappa shape index (κ1) is 13.7. The Hall–Kier alpha value is -2.27.